The maximum Gasteiger partial charge on any atom is 0.229 e. The highest BCUT2D eigenvalue weighted by atomic mass is 35.5. The van der Waals surface area contributed by atoms with Crippen molar-refractivity contribution in [3.05, 3.63) is 0 Å². The Morgan fingerprint density at radius 2 is 2.38 bits per heavy atom. The minimum absolute atomic E-state index is 0.0397. The van der Waals surface area contributed by atoms with Crippen LogP contribution in [0.5, 0.6) is 0 Å². The second-order valence-corrected chi connectivity index (χ2v) is 1.67. The van der Waals surface area contributed by atoms with Gasteiger partial charge in [0.25, 0.3) is 0 Å². The van der Waals surface area contributed by atoms with Gasteiger partial charge < -0.3 is 5.73 Å². The highest BCUT2D eigenvalue weighted by Crippen LogP contribution is 1.86. The van der Waals surface area contributed by atoms with Crippen LogP contribution < -0.4 is 5.73 Å². The van der Waals surface area contributed by atoms with E-state index in [1.807, 2.05) is 0 Å². The first-order valence-corrected chi connectivity index (χ1v) is 2.44. The molecule has 0 aliphatic heterocycles. The normalized spacial score (nSPS) is 11.5. The lowest BCUT2D eigenvalue weighted by molar-refractivity contribution is -0.110. The summed E-state index contributed by atoms with van der Waals surface area (Å²) >= 11 is 4.95. The van der Waals surface area contributed by atoms with Gasteiger partial charge in [0.05, 0.1) is 6.42 Å². The largest absolute Gasteiger partial charge is 0.387 e. The fourth-order valence-electron chi connectivity index (χ4n) is 0.221. The Balaban J connectivity index is 3.56. The van der Waals surface area contributed by atoms with Crippen molar-refractivity contribution >= 4 is 22.7 Å². The van der Waals surface area contributed by atoms with E-state index in [1.54, 1.807) is 0 Å². The van der Waals surface area contributed by atoms with Gasteiger partial charge in [0.15, 0.2) is 0 Å². The van der Waals surface area contributed by atoms with Gasteiger partial charge in [-0.05, 0) is 11.6 Å². The zero-order valence-corrected chi connectivity index (χ0v) is 5.27. The summed E-state index contributed by atoms with van der Waals surface area (Å²) in [4.78, 5) is 13.5. The fraction of sp³-hybridized carbons (Fsp3) is 0.500. The summed E-state index contributed by atoms with van der Waals surface area (Å²) < 4.78 is 0. The fourth-order valence-corrected chi connectivity index (χ4v) is 0.358. The Morgan fingerprint density at radius 1 is 1.88 bits per heavy atom. The van der Waals surface area contributed by atoms with E-state index in [9.17, 15) is 4.79 Å². The first kappa shape index (κ1) is 7.43. The predicted octanol–water partition coefficient (Wildman–Crippen LogP) is 0.129. The first-order chi connectivity index (χ1) is 3.66. The van der Waals surface area contributed by atoms with Crippen molar-refractivity contribution in [2.24, 2.45) is 10.7 Å². The third kappa shape index (κ3) is 3.61. The van der Waals surface area contributed by atoms with Gasteiger partial charge >= 0.3 is 0 Å². The summed E-state index contributed by atoms with van der Waals surface area (Å²) in [6.45, 7) is 0. The Bertz CT molecular complexity index is 121. The Hall–Kier alpha value is -0.570. The van der Waals surface area contributed by atoms with Gasteiger partial charge in [0.2, 0.25) is 5.24 Å². The van der Waals surface area contributed by atoms with E-state index in [1.165, 1.54) is 7.05 Å². The van der Waals surface area contributed by atoms with Crippen LogP contribution in [0.4, 0.5) is 0 Å². The molecule has 46 valence electrons. The number of hydrogen-bond donors (Lipinski definition) is 1. The lowest BCUT2D eigenvalue weighted by Gasteiger charge is -1.88. The van der Waals surface area contributed by atoms with E-state index in [4.69, 9.17) is 17.3 Å². The van der Waals surface area contributed by atoms with Crippen LogP contribution in [0.3, 0.4) is 0 Å². The van der Waals surface area contributed by atoms with E-state index in [2.05, 4.69) is 4.99 Å². The lowest BCUT2D eigenvalue weighted by atomic mass is 10.4. The van der Waals surface area contributed by atoms with Gasteiger partial charge in [-0.3, -0.25) is 9.79 Å². The van der Waals surface area contributed by atoms with Gasteiger partial charge in [-0.1, -0.05) is 0 Å². The maximum absolute atomic E-state index is 10.0. The molecular weight excluding hydrogens is 128 g/mol. The minimum Gasteiger partial charge on any atom is -0.387 e. The van der Waals surface area contributed by atoms with Crippen LogP contribution in [0.15, 0.2) is 4.99 Å². The summed E-state index contributed by atoms with van der Waals surface area (Å²) in [6, 6.07) is 0. The average molecular weight is 135 g/mol. The van der Waals surface area contributed by atoms with E-state index in [0.717, 1.165) is 0 Å². The van der Waals surface area contributed by atoms with Gasteiger partial charge in [-0.2, -0.15) is 0 Å². The van der Waals surface area contributed by atoms with Crippen molar-refractivity contribution in [2.45, 2.75) is 6.42 Å². The summed E-state index contributed by atoms with van der Waals surface area (Å²) in [5.41, 5.74) is 5.12. The number of nitrogens with two attached hydrogens (primary N) is 1. The van der Waals surface area contributed by atoms with Gasteiger partial charge in [-0.25, -0.2) is 0 Å². The molecule has 0 saturated heterocycles. The van der Waals surface area contributed by atoms with Crippen molar-refractivity contribution in [1.29, 1.82) is 0 Å². The molecule has 0 heterocycles. The highest BCUT2D eigenvalue weighted by Gasteiger charge is 1.96. The standard InChI is InChI=1S/C4H7ClN2O/c1-7-4(6)2-3(5)8/h2H2,1H3,(H2,6,7). The summed E-state index contributed by atoms with van der Waals surface area (Å²) in [7, 11) is 1.51. The van der Waals surface area contributed by atoms with Crippen molar-refractivity contribution in [3.8, 4) is 0 Å². The molecule has 0 aliphatic carbocycles. The Labute approximate surface area is 52.5 Å². The molecule has 0 saturated carbocycles. The zero-order valence-electron chi connectivity index (χ0n) is 4.52. The molecule has 0 spiro atoms. The van der Waals surface area contributed by atoms with Crippen LogP contribution in [0, 0.1) is 0 Å². The zero-order chi connectivity index (χ0) is 6.57. The number of hydrogen-bond acceptors (Lipinski definition) is 2. The SMILES string of the molecule is CN=C(N)CC(=O)Cl. The first-order valence-electron chi connectivity index (χ1n) is 2.06. The van der Waals surface area contributed by atoms with Crippen LogP contribution in [0.25, 0.3) is 0 Å². The Kier molecular flexibility index (Phi) is 3.19. The molecule has 0 rings (SSSR count). The molecule has 2 N–H and O–H groups in total. The van der Waals surface area contributed by atoms with Gasteiger partial charge in [0, 0.05) is 7.05 Å². The molecule has 0 aromatic rings. The number of aliphatic imine (C=N–C) groups is 1. The van der Waals surface area contributed by atoms with Gasteiger partial charge in [0.1, 0.15) is 5.84 Å². The molecule has 0 unspecified atom stereocenters. The summed E-state index contributed by atoms with van der Waals surface area (Å²) in [6.07, 6.45) is 0.0397. The van der Waals surface area contributed by atoms with Crippen molar-refractivity contribution in [3.63, 3.8) is 0 Å². The molecule has 3 nitrogen and oxygen atoms in total. The van der Waals surface area contributed by atoms with Crippen LogP contribution in [-0.4, -0.2) is 18.1 Å². The predicted molar refractivity (Wildman–Crippen MR) is 33.0 cm³/mol. The minimum atomic E-state index is -0.479. The molecule has 0 aromatic heterocycles. The number of carbonyl (C=O) groups is 1. The van der Waals surface area contributed by atoms with E-state index >= 15 is 0 Å². The molecule has 4 heteroatoms. The number of halogens is 1. The smallest absolute Gasteiger partial charge is 0.229 e. The average Bonchev–Trinajstić information content (AvgIpc) is 1.65. The quantitative estimate of drug-likeness (QED) is 0.332. The van der Waals surface area contributed by atoms with Crippen molar-refractivity contribution < 1.29 is 4.79 Å². The maximum atomic E-state index is 10.0. The van der Waals surface area contributed by atoms with Crippen molar-refractivity contribution in [2.75, 3.05) is 7.05 Å². The van der Waals surface area contributed by atoms with Crippen LogP contribution in [0.2, 0.25) is 0 Å². The third-order valence-corrected chi connectivity index (χ3v) is 0.741. The van der Waals surface area contributed by atoms with E-state index in [0.29, 0.717) is 0 Å². The molecule has 0 atom stereocenters. The molecule has 0 bridgehead atoms. The van der Waals surface area contributed by atoms with Gasteiger partial charge in [-0.15, -0.1) is 0 Å². The molecule has 0 radical (unpaired) electrons. The Morgan fingerprint density at radius 3 is 2.50 bits per heavy atom. The summed E-state index contributed by atoms with van der Waals surface area (Å²) in [5, 5.41) is -0.479. The number of nitrogens with zero attached hydrogens (tertiary/aromatic N) is 1. The lowest BCUT2D eigenvalue weighted by Crippen LogP contribution is -2.13. The molecule has 0 fully saturated rings. The second-order valence-electron chi connectivity index (χ2n) is 1.25. The van der Waals surface area contributed by atoms with Crippen LogP contribution in [-0.2, 0) is 4.79 Å². The molecule has 0 aliphatic rings. The summed E-state index contributed by atoms with van der Waals surface area (Å²) in [5.74, 6) is 0.269. The molecule has 8 heavy (non-hydrogen) atoms. The molecule has 0 amide bonds. The number of amidine groups is 1. The highest BCUT2D eigenvalue weighted by molar-refractivity contribution is 6.65. The topological polar surface area (TPSA) is 55.4 Å². The van der Waals surface area contributed by atoms with Crippen LogP contribution in [0.1, 0.15) is 6.42 Å². The third-order valence-electron chi connectivity index (χ3n) is 0.607. The number of rotatable bonds is 2. The van der Waals surface area contributed by atoms with E-state index < -0.39 is 5.24 Å². The molecular formula is C4H7ClN2O. The van der Waals surface area contributed by atoms with Crippen molar-refractivity contribution in [1.82, 2.24) is 0 Å². The number of carbonyl (C=O) groups excluding carboxylic acids is 1. The monoisotopic (exact) mass is 134 g/mol. The molecule has 0 aromatic carbocycles. The van der Waals surface area contributed by atoms with E-state index in [-0.39, 0.29) is 12.3 Å². The second kappa shape index (κ2) is 3.43. The van der Waals surface area contributed by atoms with Crippen LogP contribution >= 0.6 is 11.6 Å².